The van der Waals surface area contributed by atoms with Crippen LogP contribution in [0.2, 0.25) is 0 Å². The first-order chi connectivity index (χ1) is 18.5. The summed E-state index contributed by atoms with van der Waals surface area (Å²) in [6.45, 7) is 10.1. The highest BCUT2D eigenvalue weighted by Gasteiger charge is 2.29. The molecule has 4 heterocycles. The van der Waals surface area contributed by atoms with Crippen LogP contribution in [-0.4, -0.2) is 68.0 Å². The topological polar surface area (TPSA) is 69.8 Å². The summed E-state index contributed by atoms with van der Waals surface area (Å²) in [6.07, 6.45) is 1.59. The summed E-state index contributed by atoms with van der Waals surface area (Å²) in [5, 5.41) is 3.71. The van der Waals surface area contributed by atoms with Crippen molar-refractivity contribution in [2.24, 2.45) is 0 Å². The van der Waals surface area contributed by atoms with E-state index in [1.54, 1.807) is 6.20 Å². The molecule has 3 aliphatic heterocycles. The number of H-pyrrole nitrogens is 1. The lowest BCUT2D eigenvalue weighted by Crippen LogP contribution is -2.47. The van der Waals surface area contributed by atoms with E-state index in [-0.39, 0.29) is 11.7 Å². The summed E-state index contributed by atoms with van der Waals surface area (Å²) >= 11 is 3.65. The molecular formula is C29H34N4O3S2. The fraction of sp³-hybridized carbons (Fsp3) is 0.414. The summed E-state index contributed by atoms with van der Waals surface area (Å²) < 4.78 is 11.8. The highest BCUT2D eigenvalue weighted by molar-refractivity contribution is 8.05. The molecule has 0 bridgehead atoms. The molecule has 200 valence electrons. The smallest absolute Gasteiger partial charge is 0.271 e. The normalized spacial score (nSPS) is 22.4. The fourth-order valence-electron chi connectivity index (χ4n) is 5.40. The fourth-order valence-corrected chi connectivity index (χ4v) is 7.85. The molecule has 3 unspecified atom stereocenters. The molecule has 3 aromatic rings. The summed E-state index contributed by atoms with van der Waals surface area (Å²) in [6, 6.07) is 17.8. The third-order valence-corrected chi connectivity index (χ3v) is 9.97. The molecule has 2 aromatic carbocycles. The van der Waals surface area contributed by atoms with E-state index in [4.69, 9.17) is 9.47 Å². The highest BCUT2D eigenvalue weighted by Crippen LogP contribution is 2.51. The number of nitrogens with one attached hydrogen (secondary N) is 2. The van der Waals surface area contributed by atoms with Gasteiger partial charge >= 0.3 is 0 Å². The number of pyridine rings is 1. The van der Waals surface area contributed by atoms with E-state index in [1.807, 2.05) is 35.7 Å². The summed E-state index contributed by atoms with van der Waals surface area (Å²) in [5.74, 6) is 0. The van der Waals surface area contributed by atoms with Gasteiger partial charge in [-0.05, 0) is 55.8 Å². The zero-order chi connectivity index (χ0) is 26.1. The van der Waals surface area contributed by atoms with Crippen LogP contribution in [0.3, 0.4) is 0 Å². The molecule has 0 radical (unpaired) electrons. The standard InChI is InChI=1S/C29H34N4O3S2/c1-19(16-32-11-13-35-18-20(32)2)31-21-8-9-25-27(15-21)37-26-7-3-5-22(28(26)38-25)24-17-33(12-14-36-24)23-6-4-10-30-29(23)34/h3-10,15,19-20,24,31H,11-14,16-18H2,1-2H3,(H,30,34). The Morgan fingerprint density at radius 3 is 2.87 bits per heavy atom. The Hall–Kier alpha value is -2.43. The maximum Gasteiger partial charge on any atom is 0.271 e. The third-order valence-electron chi connectivity index (χ3n) is 7.36. The maximum atomic E-state index is 12.4. The van der Waals surface area contributed by atoms with Gasteiger partial charge in [0.2, 0.25) is 0 Å². The quantitative estimate of drug-likeness (QED) is 0.344. The van der Waals surface area contributed by atoms with Gasteiger partial charge in [-0.3, -0.25) is 9.69 Å². The molecule has 0 spiro atoms. The van der Waals surface area contributed by atoms with Crippen molar-refractivity contribution in [1.82, 2.24) is 9.88 Å². The molecule has 7 nitrogen and oxygen atoms in total. The van der Waals surface area contributed by atoms with Crippen molar-refractivity contribution in [3.63, 3.8) is 0 Å². The first-order valence-corrected chi connectivity index (χ1v) is 14.9. The lowest BCUT2D eigenvalue weighted by molar-refractivity contribution is -0.00127. The van der Waals surface area contributed by atoms with E-state index in [9.17, 15) is 4.79 Å². The van der Waals surface area contributed by atoms with Crippen molar-refractivity contribution in [1.29, 1.82) is 0 Å². The van der Waals surface area contributed by atoms with Gasteiger partial charge in [-0.2, -0.15) is 0 Å². The van der Waals surface area contributed by atoms with Gasteiger partial charge in [-0.25, -0.2) is 0 Å². The average Bonchev–Trinajstić information content (AvgIpc) is 2.93. The number of fused-ring (bicyclic) bond motifs is 2. The van der Waals surface area contributed by atoms with Crippen molar-refractivity contribution in [2.45, 2.75) is 51.6 Å². The first kappa shape index (κ1) is 25.8. The Balaban J connectivity index is 1.16. The van der Waals surface area contributed by atoms with E-state index in [0.717, 1.165) is 32.0 Å². The number of nitrogens with zero attached hydrogens (tertiary/aromatic N) is 2. The Morgan fingerprint density at radius 1 is 1.08 bits per heavy atom. The minimum Gasteiger partial charge on any atom is -0.381 e. The zero-order valence-electron chi connectivity index (χ0n) is 21.8. The van der Waals surface area contributed by atoms with E-state index >= 15 is 0 Å². The van der Waals surface area contributed by atoms with Gasteiger partial charge < -0.3 is 24.7 Å². The monoisotopic (exact) mass is 550 g/mol. The SMILES string of the molecule is CC(CN1CCOCC1C)Nc1ccc2c(c1)Sc1cccc(C3CN(c4ccc[nH]c4=O)CCO3)c1S2. The molecule has 9 heteroatoms. The Labute approximate surface area is 232 Å². The predicted octanol–water partition coefficient (Wildman–Crippen LogP) is 5.09. The number of ether oxygens (including phenoxy) is 2. The number of aromatic amines is 1. The number of anilines is 2. The van der Waals surface area contributed by atoms with Gasteiger partial charge in [0.15, 0.2) is 0 Å². The van der Waals surface area contributed by atoms with Crippen LogP contribution in [0.15, 0.2) is 79.1 Å². The Morgan fingerprint density at radius 2 is 2.00 bits per heavy atom. The van der Waals surface area contributed by atoms with Crippen molar-refractivity contribution in [3.05, 3.63) is 70.6 Å². The third kappa shape index (κ3) is 5.49. The summed E-state index contributed by atoms with van der Waals surface area (Å²) in [5.41, 5.74) is 3.00. The first-order valence-electron chi connectivity index (χ1n) is 13.3. The average molecular weight is 551 g/mol. The van der Waals surface area contributed by atoms with Crippen LogP contribution >= 0.6 is 23.5 Å². The second-order valence-corrected chi connectivity index (χ2v) is 12.3. The molecule has 2 fully saturated rings. The molecule has 6 rings (SSSR count). The number of hydrogen-bond donors (Lipinski definition) is 2. The predicted molar refractivity (Wildman–Crippen MR) is 154 cm³/mol. The van der Waals surface area contributed by atoms with Crippen LogP contribution in [0.5, 0.6) is 0 Å². The van der Waals surface area contributed by atoms with E-state index < -0.39 is 0 Å². The zero-order valence-corrected chi connectivity index (χ0v) is 23.4. The largest absolute Gasteiger partial charge is 0.381 e. The van der Waals surface area contributed by atoms with Crippen LogP contribution in [-0.2, 0) is 9.47 Å². The molecular weight excluding hydrogens is 516 g/mol. The molecule has 0 saturated carbocycles. The van der Waals surface area contributed by atoms with Gasteiger partial charge in [-0.1, -0.05) is 35.7 Å². The summed E-state index contributed by atoms with van der Waals surface area (Å²) in [4.78, 5) is 24.9. The summed E-state index contributed by atoms with van der Waals surface area (Å²) in [7, 11) is 0. The maximum absolute atomic E-state index is 12.4. The van der Waals surface area contributed by atoms with Gasteiger partial charge in [-0.15, -0.1) is 0 Å². The highest BCUT2D eigenvalue weighted by atomic mass is 32.2. The van der Waals surface area contributed by atoms with Crippen molar-refractivity contribution in [2.75, 3.05) is 56.2 Å². The molecule has 0 aliphatic carbocycles. The molecule has 0 amide bonds. The number of benzene rings is 2. The van der Waals surface area contributed by atoms with Crippen molar-refractivity contribution < 1.29 is 9.47 Å². The van der Waals surface area contributed by atoms with Crippen LogP contribution in [0.1, 0.15) is 25.5 Å². The van der Waals surface area contributed by atoms with Crippen LogP contribution in [0.4, 0.5) is 11.4 Å². The molecule has 2 N–H and O–H groups in total. The molecule has 3 aliphatic rings. The van der Waals surface area contributed by atoms with Gasteiger partial charge in [0.25, 0.3) is 5.56 Å². The Bertz CT molecular complexity index is 1350. The molecule has 38 heavy (non-hydrogen) atoms. The second kappa shape index (κ2) is 11.4. The number of hydrogen-bond acceptors (Lipinski definition) is 8. The minimum atomic E-state index is -0.0858. The van der Waals surface area contributed by atoms with Crippen molar-refractivity contribution in [3.8, 4) is 0 Å². The number of rotatable bonds is 6. The molecule has 1 aromatic heterocycles. The van der Waals surface area contributed by atoms with Crippen LogP contribution in [0, 0.1) is 0 Å². The molecule has 3 atom stereocenters. The van der Waals surface area contributed by atoms with Crippen LogP contribution in [0.25, 0.3) is 0 Å². The second-order valence-electron chi connectivity index (χ2n) is 10.2. The Kier molecular flexibility index (Phi) is 7.72. The number of morpholine rings is 2. The van der Waals surface area contributed by atoms with Crippen molar-refractivity contribution >= 4 is 34.9 Å². The lowest BCUT2D eigenvalue weighted by atomic mass is 10.1. The van der Waals surface area contributed by atoms with Gasteiger partial charge in [0, 0.05) is 69.7 Å². The van der Waals surface area contributed by atoms with E-state index in [0.29, 0.717) is 37.5 Å². The van der Waals surface area contributed by atoms with E-state index in [1.165, 1.54) is 25.1 Å². The van der Waals surface area contributed by atoms with Gasteiger partial charge in [0.05, 0.1) is 19.8 Å². The van der Waals surface area contributed by atoms with E-state index in [2.05, 4.69) is 70.3 Å². The number of aromatic nitrogens is 1. The lowest BCUT2D eigenvalue weighted by Gasteiger charge is -2.35. The van der Waals surface area contributed by atoms with Gasteiger partial charge in [0.1, 0.15) is 11.8 Å². The van der Waals surface area contributed by atoms with Crippen LogP contribution < -0.4 is 15.8 Å². The minimum absolute atomic E-state index is 0.0553. The molecule has 2 saturated heterocycles.